The standard InChI is InChI=1S/C6H10O3/c1-6(2,3-7)4-5(8)9-4/h4,7H,3H2,1-2H3. The van der Waals surface area contributed by atoms with Crippen LogP contribution in [0.4, 0.5) is 0 Å². The minimum atomic E-state index is -0.392. The Morgan fingerprint density at radius 2 is 2.22 bits per heavy atom. The van der Waals surface area contributed by atoms with Crippen LogP contribution < -0.4 is 0 Å². The molecule has 1 N–H and O–H groups in total. The molecule has 9 heavy (non-hydrogen) atoms. The molecule has 52 valence electrons. The molecule has 0 aromatic heterocycles. The lowest BCUT2D eigenvalue weighted by Gasteiger charge is -2.14. The molecule has 0 aromatic rings. The molecule has 3 nitrogen and oxygen atoms in total. The second-order valence-corrected chi connectivity index (χ2v) is 2.96. The van der Waals surface area contributed by atoms with Gasteiger partial charge in [-0.05, 0) is 0 Å². The van der Waals surface area contributed by atoms with Gasteiger partial charge in [-0.1, -0.05) is 13.8 Å². The highest BCUT2D eigenvalue weighted by molar-refractivity contribution is 5.88. The summed E-state index contributed by atoms with van der Waals surface area (Å²) in [6.45, 7) is 3.58. The van der Waals surface area contributed by atoms with Crippen LogP contribution in [-0.4, -0.2) is 23.8 Å². The molecule has 0 bridgehead atoms. The molecule has 3 heteroatoms. The summed E-state index contributed by atoms with van der Waals surface area (Å²) in [4.78, 5) is 10.4. The van der Waals surface area contributed by atoms with E-state index in [4.69, 9.17) is 5.11 Å². The van der Waals surface area contributed by atoms with E-state index < -0.39 is 5.41 Å². The predicted octanol–water partition coefficient (Wildman–Crippen LogP) is -0.0697. The smallest absolute Gasteiger partial charge is 0.348 e. The quantitative estimate of drug-likeness (QED) is 0.532. The third-order valence-electron chi connectivity index (χ3n) is 1.51. The van der Waals surface area contributed by atoms with Gasteiger partial charge in [-0.25, -0.2) is 4.79 Å². The van der Waals surface area contributed by atoms with E-state index in [0.717, 1.165) is 0 Å². The molecule has 1 saturated heterocycles. The summed E-state index contributed by atoms with van der Waals surface area (Å²) in [5.74, 6) is -0.200. The highest BCUT2D eigenvalue weighted by Gasteiger charge is 2.50. The van der Waals surface area contributed by atoms with Gasteiger partial charge in [0, 0.05) is 5.41 Å². The van der Waals surface area contributed by atoms with Crippen molar-refractivity contribution in [2.45, 2.75) is 20.0 Å². The molecule has 1 fully saturated rings. The van der Waals surface area contributed by atoms with Crippen LogP contribution in [0.2, 0.25) is 0 Å². The largest absolute Gasteiger partial charge is 0.447 e. The summed E-state index contributed by atoms with van der Waals surface area (Å²) < 4.78 is 4.57. The molecule has 0 amide bonds. The summed E-state index contributed by atoms with van der Waals surface area (Å²) >= 11 is 0. The highest BCUT2D eigenvalue weighted by Crippen LogP contribution is 2.32. The Hall–Kier alpha value is -0.570. The van der Waals surface area contributed by atoms with Crippen molar-refractivity contribution < 1.29 is 14.6 Å². The fourth-order valence-electron chi connectivity index (χ4n) is 0.644. The van der Waals surface area contributed by atoms with Gasteiger partial charge in [0.2, 0.25) is 6.10 Å². The normalized spacial score (nSPS) is 25.7. The molecule has 1 aliphatic heterocycles. The van der Waals surface area contributed by atoms with E-state index in [2.05, 4.69) is 4.74 Å². The Morgan fingerprint density at radius 3 is 2.33 bits per heavy atom. The number of rotatable bonds is 2. The zero-order chi connectivity index (χ0) is 7.07. The zero-order valence-corrected chi connectivity index (χ0v) is 5.55. The molecule has 0 aliphatic carbocycles. The van der Waals surface area contributed by atoms with Crippen molar-refractivity contribution in [3.63, 3.8) is 0 Å². The lowest BCUT2D eigenvalue weighted by molar-refractivity contribution is -0.117. The first-order valence-corrected chi connectivity index (χ1v) is 2.89. The van der Waals surface area contributed by atoms with Gasteiger partial charge in [-0.2, -0.15) is 0 Å². The molecule has 1 atom stereocenters. The van der Waals surface area contributed by atoms with Crippen molar-refractivity contribution in [1.82, 2.24) is 0 Å². The van der Waals surface area contributed by atoms with Crippen LogP contribution in [-0.2, 0) is 9.53 Å². The van der Waals surface area contributed by atoms with E-state index in [1.54, 1.807) is 13.8 Å². The van der Waals surface area contributed by atoms with Gasteiger partial charge in [0.05, 0.1) is 6.61 Å². The van der Waals surface area contributed by atoms with E-state index >= 15 is 0 Å². The van der Waals surface area contributed by atoms with Gasteiger partial charge < -0.3 is 9.84 Å². The molecule has 1 unspecified atom stereocenters. The average molecular weight is 130 g/mol. The zero-order valence-electron chi connectivity index (χ0n) is 5.55. The number of hydrogen-bond acceptors (Lipinski definition) is 3. The number of ether oxygens (including phenoxy) is 1. The number of carbonyl (C=O) groups is 1. The van der Waals surface area contributed by atoms with Gasteiger partial charge in [0.1, 0.15) is 0 Å². The number of aliphatic hydroxyl groups is 1. The van der Waals surface area contributed by atoms with Gasteiger partial charge in [0.25, 0.3) is 0 Å². The van der Waals surface area contributed by atoms with Gasteiger partial charge >= 0.3 is 5.97 Å². The average Bonchev–Trinajstić information content (AvgIpc) is 2.47. The van der Waals surface area contributed by atoms with Crippen LogP contribution in [0.25, 0.3) is 0 Å². The molecule has 0 saturated carbocycles. The third-order valence-corrected chi connectivity index (χ3v) is 1.51. The first kappa shape index (κ1) is 6.55. The Morgan fingerprint density at radius 1 is 1.78 bits per heavy atom. The fourth-order valence-corrected chi connectivity index (χ4v) is 0.644. The van der Waals surface area contributed by atoms with Crippen LogP contribution in [0.1, 0.15) is 13.8 Å². The SMILES string of the molecule is CC(C)(CO)C1OC1=O. The minimum absolute atomic E-state index is 0.0105. The summed E-state index contributed by atoms with van der Waals surface area (Å²) in [5.41, 5.74) is -0.392. The third kappa shape index (κ3) is 1.05. The molecule has 1 rings (SSSR count). The van der Waals surface area contributed by atoms with Gasteiger partial charge in [0.15, 0.2) is 0 Å². The summed E-state index contributed by atoms with van der Waals surface area (Å²) in [5, 5.41) is 8.69. The Bertz CT molecular complexity index is 139. The lowest BCUT2D eigenvalue weighted by Crippen LogP contribution is -2.24. The maximum absolute atomic E-state index is 10.4. The van der Waals surface area contributed by atoms with E-state index in [0.29, 0.717) is 0 Å². The maximum Gasteiger partial charge on any atom is 0.348 e. The van der Waals surface area contributed by atoms with Crippen molar-refractivity contribution >= 4 is 5.97 Å². The highest BCUT2D eigenvalue weighted by atomic mass is 16.6. The van der Waals surface area contributed by atoms with Crippen molar-refractivity contribution in [3.05, 3.63) is 0 Å². The topological polar surface area (TPSA) is 49.8 Å². The molecule has 0 aromatic carbocycles. The lowest BCUT2D eigenvalue weighted by atomic mass is 9.91. The molecule has 0 radical (unpaired) electrons. The fraction of sp³-hybridized carbons (Fsp3) is 0.833. The van der Waals surface area contributed by atoms with E-state index in [1.807, 2.05) is 0 Å². The van der Waals surface area contributed by atoms with E-state index in [1.165, 1.54) is 0 Å². The van der Waals surface area contributed by atoms with Crippen LogP contribution in [0, 0.1) is 5.41 Å². The number of epoxide rings is 1. The molecular formula is C6H10O3. The second-order valence-electron chi connectivity index (χ2n) is 2.96. The number of hydrogen-bond donors (Lipinski definition) is 1. The van der Waals surface area contributed by atoms with E-state index in [9.17, 15) is 4.79 Å². The number of cyclic esters (lactones) is 1. The monoisotopic (exact) mass is 130 g/mol. The van der Waals surface area contributed by atoms with Crippen LogP contribution >= 0.6 is 0 Å². The van der Waals surface area contributed by atoms with Crippen LogP contribution in [0.3, 0.4) is 0 Å². The molecule has 1 heterocycles. The Labute approximate surface area is 53.6 Å². The predicted molar refractivity (Wildman–Crippen MR) is 30.7 cm³/mol. The van der Waals surface area contributed by atoms with Crippen molar-refractivity contribution in [1.29, 1.82) is 0 Å². The van der Waals surface area contributed by atoms with Gasteiger partial charge in [-0.3, -0.25) is 0 Å². The maximum atomic E-state index is 10.4. The van der Waals surface area contributed by atoms with Crippen molar-refractivity contribution in [2.75, 3.05) is 6.61 Å². The summed E-state index contributed by atoms with van der Waals surface area (Å²) in [6.07, 6.45) is -0.359. The number of carbonyl (C=O) groups excluding carboxylic acids is 1. The first-order valence-electron chi connectivity index (χ1n) is 2.89. The Balaban J connectivity index is 2.51. The molecule has 1 aliphatic rings. The summed E-state index contributed by atoms with van der Waals surface area (Å²) in [7, 11) is 0. The molecule has 0 spiro atoms. The van der Waals surface area contributed by atoms with E-state index in [-0.39, 0.29) is 18.7 Å². The minimum Gasteiger partial charge on any atom is -0.447 e. The number of aliphatic hydroxyl groups excluding tert-OH is 1. The first-order chi connectivity index (χ1) is 4.08. The van der Waals surface area contributed by atoms with Crippen LogP contribution in [0.15, 0.2) is 0 Å². The second kappa shape index (κ2) is 1.70. The van der Waals surface area contributed by atoms with Crippen LogP contribution in [0.5, 0.6) is 0 Å². The van der Waals surface area contributed by atoms with Gasteiger partial charge in [-0.15, -0.1) is 0 Å². The van der Waals surface area contributed by atoms with Crippen molar-refractivity contribution in [2.24, 2.45) is 5.41 Å². The Kier molecular flexibility index (Phi) is 1.24. The summed E-state index contributed by atoms with van der Waals surface area (Å²) in [6, 6.07) is 0. The molecular weight excluding hydrogens is 120 g/mol. The van der Waals surface area contributed by atoms with Crippen molar-refractivity contribution in [3.8, 4) is 0 Å².